The molecule has 2 rings (SSSR count). The zero-order valence-electron chi connectivity index (χ0n) is 23.9. The van der Waals surface area contributed by atoms with Gasteiger partial charge in [0.05, 0.1) is 26.8 Å². The lowest BCUT2D eigenvalue weighted by Crippen LogP contribution is -2.48. The zero-order chi connectivity index (χ0) is 29.9. The van der Waals surface area contributed by atoms with E-state index in [0.29, 0.717) is 31.6 Å². The Bertz CT molecular complexity index is 1160. The van der Waals surface area contributed by atoms with Crippen LogP contribution in [0.5, 0.6) is 5.75 Å². The van der Waals surface area contributed by atoms with Gasteiger partial charge in [-0.25, -0.2) is 9.59 Å². The standard InChI is InChI=1S/C27H40N6O7/c1-17(30-24(35)20(28)9-7-8-14-29-26(37)40-27(2,3)4)23(34)31-22-15-21(25(36)39-6)33(32-22)16-18-10-12-19(38-5)13-11-18/h10-13,15,17,20H,7-9,14,16,28H2,1-6H3,(H,29,37)(H,30,35)(H,31,32,34)/t17-,20-/m0/s1. The molecule has 0 bridgehead atoms. The van der Waals surface area contributed by atoms with Crippen LogP contribution in [0.2, 0.25) is 0 Å². The molecule has 2 aromatic rings. The SMILES string of the molecule is COC(=O)c1cc(NC(=O)[C@H](C)NC(=O)[C@@H](N)CCCCNC(=O)OC(C)(C)C)nn1Cc1ccc(OC)cc1. The number of hydrogen-bond acceptors (Lipinski definition) is 9. The lowest BCUT2D eigenvalue weighted by Gasteiger charge is -2.19. The maximum atomic E-state index is 12.7. The summed E-state index contributed by atoms with van der Waals surface area (Å²) in [4.78, 5) is 49.1. The summed E-state index contributed by atoms with van der Waals surface area (Å²) in [6.07, 6.45) is 1.07. The van der Waals surface area contributed by atoms with Gasteiger partial charge in [-0.05, 0) is 64.7 Å². The molecular weight excluding hydrogens is 520 g/mol. The monoisotopic (exact) mass is 560 g/mol. The number of hydrogen-bond donors (Lipinski definition) is 4. The van der Waals surface area contributed by atoms with Crippen molar-refractivity contribution in [1.82, 2.24) is 20.4 Å². The topological polar surface area (TPSA) is 176 Å². The van der Waals surface area contributed by atoms with Crippen LogP contribution in [0.15, 0.2) is 30.3 Å². The number of nitrogens with two attached hydrogens (primary N) is 1. The Balaban J connectivity index is 1.87. The molecule has 220 valence electrons. The molecule has 0 aliphatic carbocycles. The number of carbonyl (C=O) groups excluding carboxylic acids is 4. The summed E-state index contributed by atoms with van der Waals surface area (Å²) in [5, 5.41) is 12.2. The van der Waals surface area contributed by atoms with Crippen LogP contribution in [0.1, 0.15) is 63.0 Å². The Morgan fingerprint density at radius 2 is 1.73 bits per heavy atom. The first-order chi connectivity index (χ1) is 18.8. The van der Waals surface area contributed by atoms with Gasteiger partial charge >= 0.3 is 12.1 Å². The Kier molecular flexibility index (Phi) is 11.9. The molecule has 13 heteroatoms. The fourth-order valence-electron chi connectivity index (χ4n) is 3.52. The van der Waals surface area contributed by atoms with Crippen molar-refractivity contribution in [2.24, 2.45) is 5.73 Å². The summed E-state index contributed by atoms with van der Waals surface area (Å²) in [5.74, 6) is -0.816. The maximum Gasteiger partial charge on any atom is 0.407 e. The third-order valence-electron chi connectivity index (χ3n) is 5.62. The lowest BCUT2D eigenvalue weighted by atomic mass is 10.1. The van der Waals surface area contributed by atoms with Crippen molar-refractivity contribution in [3.63, 3.8) is 0 Å². The van der Waals surface area contributed by atoms with Gasteiger partial charge in [0.25, 0.3) is 0 Å². The van der Waals surface area contributed by atoms with Crippen LogP contribution in [0, 0.1) is 0 Å². The first kappa shape index (κ1) is 32.1. The van der Waals surface area contributed by atoms with Gasteiger partial charge in [-0.15, -0.1) is 0 Å². The Hall–Kier alpha value is -4.13. The summed E-state index contributed by atoms with van der Waals surface area (Å²) in [5.41, 5.74) is 6.40. The molecule has 0 unspecified atom stereocenters. The first-order valence-corrected chi connectivity index (χ1v) is 13.0. The molecule has 0 saturated carbocycles. The Morgan fingerprint density at radius 1 is 1.05 bits per heavy atom. The van der Waals surface area contributed by atoms with E-state index in [1.54, 1.807) is 40.0 Å². The number of anilines is 1. The smallest absolute Gasteiger partial charge is 0.407 e. The van der Waals surface area contributed by atoms with Gasteiger partial charge in [-0.2, -0.15) is 5.10 Å². The second kappa shape index (κ2) is 14.9. The highest BCUT2D eigenvalue weighted by Crippen LogP contribution is 2.16. The highest BCUT2D eigenvalue weighted by atomic mass is 16.6. The van der Waals surface area contributed by atoms with Gasteiger partial charge < -0.3 is 35.9 Å². The number of aromatic nitrogens is 2. The summed E-state index contributed by atoms with van der Waals surface area (Å²) in [6, 6.07) is 6.90. The average molecular weight is 561 g/mol. The van der Waals surface area contributed by atoms with Gasteiger partial charge in [0.15, 0.2) is 5.82 Å². The minimum absolute atomic E-state index is 0.127. The van der Waals surface area contributed by atoms with Crippen LogP contribution in [0.3, 0.4) is 0 Å². The largest absolute Gasteiger partial charge is 0.497 e. The Morgan fingerprint density at radius 3 is 2.33 bits per heavy atom. The number of amides is 3. The van der Waals surface area contributed by atoms with Crippen LogP contribution < -0.4 is 26.4 Å². The van der Waals surface area contributed by atoms with E-state index < -0.39 is 41.6 Å². The molecule has 1 aromatic heterocycles. The van der Waals surface area contributed by atoms with Gasteiger partial charge in [0.2, 0.25) is 11.8 Å². The minimum Gasteiger partial charge on any atom is -0.497 e. The van der Waals surface area contributed by atoms with Gasteiger partial charge in [0.1, 0.15) is 23.1 Å². The van der Waals surface area contributed by atoms with E-state index in [9.17, 15) is 19.2 Å². The lowest BCUT2D eigenvalue weighted by molar-refractivity contribution is -0.127. The third-order valence-corrected chi connectivity index (χ3v) is 5.62. The van der Waals surface area contributed by atoms with Crippen LogP contribution in [-0.4, -0.2) is 72.1 Å². The van der Waals surface area contributed by atoms with Crippen molar-refractivity contribution in [1.29, 1.82) is 0 Å². The fourth-order valence-corrected chi connectivity index (χ4v) is 3.52. The number of benzene rings is 1. The second-order valence-electron chi connectivity index (χ2n) is 10.2. The van der Waals surface area contributed by atoms with Crippen molar-refractivity contribution >= 4 is 29.7 Å². The van der Waals surface area contributed by atoms with Crippen LogP contribution in [0.4, 0.5) is 10.6 Å². The van der Waals surface area contributed by atoms with E-state index in [1.807, 2.05) is 12.1 Å². The maximum absolute atomic E-state index is 12.7. The predicted molar refractivity (Wildman–Crippen MR) is 148 cm³/mol. The van der Waals surface area contributed by atoms with Gasteiger partial charge in [-0.1, -0.05) is 12.1 Å². The molecule has 0 fully saturated rings. The number of carbonyl (C=O) groups is 4. The summed E-state index contributed by atoms with van der Waals surface area (Å²) >= 11 is 0. The molecule has 2 atom stereocenters. The summed E-state index contributed by atoms with van der Waals surface area (Å²) in [7, 11) is 2.82. The molecular formula is C27H40N6O7. The van der Waals surface area contributed by atoms with Gasteiger partial charge in [0, 0.05) is 12.6 Å². The number of unbranched alkanes of at least 4 members (excludes halogenated alkanes) is 1. The number of nitrogens with one attached hydrogen (secondary N) is 3. The third kappa shape index (κ3) is 10.6. The minimum atomic E-state index is -0.916. The predicted octanol–water partition coefficient (Wildman–Crippen LogP) is 2.19. The molecule has 5 N–H and O–H groups in total. The number of esters is 1. The van der Waals surface area contributed by atoms with Crippen molar-refractivity contribution in [2.45, 2.75) is 71.2 Å². The summed E-state index contributed by atoms with van der Waals surface area (Å²) < 4.78 is 16.6. The number of alkyl carbamates (subject to hydrolysis) is 1. The second-order valence-corrected chi connectivity index (χ2v) is 10.2. The number of nitrogens with zero attached hydrogens (tertiary/aromatic N) is 2. The Labute approximate surface area is 234 Å². The van der Waals surface area contributed by atoms with Crippen molar-refractivity contribution in [2.75, 3.05) is 26.1 Å². The molecule has 0 radical (unpaired) electrons. The normalized spacial score (nSPS) is 12.6. The van der Waals surface area contributed by atoms with E-state index >= 15 is 0 Å². The molecule has 13 nitrogen and oxygen atoms in total. The number of ether oxygens (including phenoxy) is 3. The van der Waals surface area contributed by atoms with Crippen molar-refractivity contribution in [3.8, 4) is 5.75 Å². The zero-order valence-corrected chi connectivity index (χ0v) is 23.9. The van der Waals surface area contributed by atoms with Crippen molar-refractivity contribution in [3.05, 3.63) is 41.6 Å². The fraction of sp³-hybridized carbons (Fsp3) is 0.519. The molecule has 1 heterocycles. The summed E-state index contributed by atoms with van der Waals surface area (Å²) in [6.45, 7) is 7.49. The van der Waals surface area contributed by atoms with Crippen LogP contribution >= 0.6 is 0 Å². The number of rotatable bonds is 13. The molecule has 3 amide bonds. The quantitative estimate of drug-likeness (QED) is 0.211. The van der Waals surface area contributed by atoms with E-state index in [0.717, 1.165) is 5.56 Å². The molecule has 0 saturated heterocycles. The van der Waals surface area contributed by atoms with E-state index in [4.69, 9.17) is 19.9 Å². The van der Waals surface area contributed by atoms with Crippen LogP contribution in [0.25, 0.3) is 0 Å². The molecule has 1 aromatic carbocycles. The van der Waals surface area contributed by atoms with E-state index in [-0.39, 0.29) is 18.1 Å². The first-order valence-electron chi connectivity index (χ1n) is 13.0. The molecule has 40 heavy (non-hydrogen) atoms. The van der Waals surface area contributed by atoms with E-state index in [2.05, 4.69) is 21.0 Å². The number of methoxy groups -OCH3 is 2. The van der Waals surface area contributed by atoms with E-state index in [1.165, 1.54) is 24.8 Å². The van der Waals surface area contributed by atoms with Crippen molar-refractivity contribution < 1.29 is 33.4 Å². The molecule has 0 spiro atoms. The highest BCUT2D eigenvalue weighted by Gasteiger charge is 2.23. The highest BCUT2D eigenvalue weighted by molar-refractivity contribution is 5.98. The molecule has 0 aliphatic rings. The molecule has 0 aliphatic heterocycles. The van der Waals surface area contributed by atoms with Crippen LogP contribution in [-0.2, 0) is 25.6 Å². The average Bonchev–Trinajstić information content (AvgIpc) is 3.28. The van der Waals surface area contributed by atoms with Gasteiger partial charge in [-0.3, -0.25) is 14.3 Å².